The number of esters is 1. The number of allylic oxidation sites excluding steroid dienone is 2. The zero-order valence-corrected chi connectivity index (χ0v) is 27.7. The summed E-state index contributed by atoms with van der Waals surface area (Å²) in [4.78, 5) is 12.3. The first-order valence-electron chi connectivity index (χ1n) is 17.4. The van der Waals surface area contributed by atoms with Crippen molar-refractivity contribution in [1.82, 2.24) is 0 Å². The van der Waals surface area contributed by atoms with Gasteiger partial charge in [-0.15, -0.1) is 0 Å². The highest BCUT2D eigenvalue weighted by Gasteiger charge is 2.57. The number of alkyl halides is 5. The molecule has 0 bridgehead atoms. The number of benzene rings is 1. The number of rotatable bonds is 16. The van der Waals surface area contributed by atoms with Gasteiger partial charge in [-0.25, -0.2) is 0 Å². The van der Waals surface area contributed by atoms with E-state index in [2.05, 4.69) is 37.3 Å². The van der Waals surface area contributed by atoms with E-state index in [1.54, 1.807) is 14.0 Å². The van der Waals surface area contributed by atoms with Crippen LogP contribution in [0.5, 0.6) is 5.75 Å². The van der Waals surface area contributed by atoms with Gasteiger partial charge in [-0.05, 0) is 130 Å². The van der Waals surface area contributed by atoms with E-state index in [0.717, 1.165) is 70.0 Å². The molecule has 46 heavy (non-hydrogen) atoms. The molecule has 0 radical (unpaired) electrons. The molecule has 7 atom stereocenters. The lowest BCUT2D eigenvalue weighted by Crippen LogP contribution is -2.47. The minimum Gasteiger partial charge on any atom is -0.497 e. The van der Waals surface area contributed by atoms with Crippen LogP contribution in [0.2, 0.25) is 0 Å². The van der Waals surface area contributed by atoms with Gasteiger partial charge in [0.1, 0.15) is 5.75 Å². The van der Waals surface area contributed by atoms with Crippen LogP contribution in [0.3, 0.4) is 0 Å². The Labute approximate surface area is 271 Å². The Morgan fingerprint density at radius 3 is 2.50 bits per heavy atom. The third-order valence-corrected chi connectivity index (χ3v) is 11.4. The maximum atomic E-state index is 13.3. The Kier molecular flexibility index (Phi) is 12.6. The molecule has 1 N–H and O–H groups in total. The zero-order valence-electron chi connectivity index (χ0n) is 27.7. The summed E-state index contributed by atoms with van der Waals surface area (Å²) in [5.74, 6) is -2.87. The molecule has 2 saturated carbocycles. The van der Waals surface area contributed by atoms with Gasteiger partial charge in [-0.2, -0.15) is 22.0 Å². The van der Waals surface area contributed by atoms with Crippen molar-refractivity contribution in [2.24, 2.45) is 29.1 Å². The standard InChI is InChI=1S/C37H53F5O4/c1-4-46-34(44)25(15-12-21-36(38,39)37(40,41)42)13-10-8-6-5-7-9-11-14-26-23-27-24-28(45-3)16-17-29(27)30-20-22-35(2)31(33(26)30)18-19-32(35)43/h9,11,16-17,24-26,30-33,43H,4-8,10,12-15,18-23H2,1-3H3/b11-9+. The second kappa shape index (κ2) is 15.8. The molecule has 2 fully saturated rings. The lowest BCUT2D eigenvalue weighted by molar-refractivity contribution is -0.284. The molecule has 0 heterocycles. The highest BCUT2D eigenvalue weighted by molar-refractivity contribution is 5.72. The molecule has 0 aliphatic heterocycles. The van der Waals surface area contributed by atoms with Crippen LogP contribution >= 0.6 is 0 Å². The van der Waals surface area contributed by atoms with Gasteiger partial charge in [-0.3, -0.25) is 4.79 Å². The number of carbonyl (C=O) groups excluding carboxylic acids is 1. The zero-order chi connectivity index (χ0) is 33.5. The molecule has 0 aromatic heterocycles. The van der Waals surface area contributed by atoms with Gasteiger partial charge in [-0.1, -0.05) is 44.4 Å². The number of methoxy groups -OCH3 is 1. The van der Waals surface area contributed by atoms with E-state index in [0.29, 0.717) is 36.5 Å². The van der Waals surface area contributed by atoms with Gasteiger partial charge in [0.05, 0.1) is 25.7 Å². The number of unbranched alkanes of at least 4 members (excludes halogenated alkanes) is 4. The van der Waals surface area contributed by atoms with E-state index >= 15 is 0 Å². The molecular formula is C37H53F5O4. The Balaban J connectivity index is 1.24. The van der Waals surface area contributed by atoms with Crippen LogP contribution in [0.1, 0.15) is 121 Å². The second-order valence-corrected chi connectivity index (χ2v) is 14.2. The number of hydrogen-bond donors (Lipinski definition) is 1. The number of fused-ring (bicyclic) bond motifs is 5. The molecule has 0 spiro atoms. The maximum Gasteiger partial charge on any atom is 0.453 e. The van der Waals surface area contributed by atoms with Gasteiger partial charge in [0.15, 0.2) is 0 Å². The summed E-state index contributed by atoms with van der Waals surface area (Å²) in [6.45, 7) is 4.10. The van der Waals surface area contributed by atoms with Crippen LogP contribution in [0.15, 0.2) is 30.4 Å². The topological polar surface area (TPSA) is 55.8 Å². The molecule has 1 aromatic carbocycles. The number of carbonyl (C=O) groups is 1. The van der Waals surface area contributed by atoms with Gasteiger partial charge < -0.3 is 14.6 Å². The number of aliphatic hydroxyl groups is 1. The van der Waals surface area contributed by atoms with Crippen LogP contribution in [0, 0.1) is 29.1 Å². The molecule has 3 aliphatic carbocycles. The van der Waals surface area contributed by atoms with E-state index < -0.39 is 30.4 Å². The Hall–Kier alpha value is -2.16. The predicted molar refractivity (Wildman–Crippen MR) is 169 cm³/mol. The summed E-state index contributed by atoms with van der Waals surface area (Å²) in [6, 6.07) is 6.57. The molecule has 260 valence electrons. The van der Waals surface area contributed by atoms with Crippen LogP contribution < -0.4 is 4.74 Å². The number of aliphatic hydroxyl groups excluding tert-OH is 1. The average Bonchev–Trinajstić information content (AvgIpc) is 3.31. The second-order valence-electron chi connectivity index (χ2n) is 14.2. The minimum atomic E-state index is -5.57. The molecule has 3 aliphatic rings. The van der Waals surface area contributed by atoms with Gasteiger partial charge >= 0.3 is 18.1 Å². The van der Waals surface area contributed by atoms with E-state index in [4.69, 9.17) is 9.47 Å². The lowest BCUT2D eigenvalue weighted by atomic mass is 9.52. The van der Waals surface area contributed by atoms with Crippen molar-refractivity contribution >= 4 is 5.97 Å². The monoisotopic (exact) mass is 656 g/mol. The van der Waals surface area contributed by atoms with Crippen LogP contribution in [0.25, 0.3) is 0 Å². The van der Waals surface area contributed by atoms with Crippen molar-refractivity contribution in [3.63, 3.8) is 0 Å². The van der Waals surface area contributed by atoms with Crippen molar-refractivity contribution in [2.45, 2.75) is 134 Å². The fourth-order valence-corrected chi connectivity index (χ4v) is 8.84. The van der Waals surface area contributed by atoms with E-state index in [1.165, 1.54) is 11.1 Å². The predicted octanol–water partition coefficient (Wildman–Crippen LogP) is 9.97. The summed E-state index contributed by atoms with van der Waals surface area (Å²) >= 11 is 0. The number of ether oxygens (including phenoxy) is 2. The van der Waals surface area contributed by atoms with Crippen molar-refractivity contribution in [2.75, 3.05) is 13.7 Å². The van der Waals surface area contributed by atoms with Crippen LogP contribution in [-0.4, -0.2) is 43.0 Å². The quantitative estimate of drug-likeness (QED) is 0.0833. The summed E-state index contributed by atoms with van der Waals surface area (Å²) in [6.07, 6.45) is 8.16. The fourth-order valence-electron chi connectivity index (χ4n) is 8.84. The number of hydrogen-bond acceptors (Lipinski definition) is 4. The Bertz CT molecular complexity index is 1170. The first-order valence-corrected chi connectivity index (χ1v) is 17.4. The third kappa shape index (κ3) is 8.46. The summed E-state index contributed by atoms with van der Waals surface area (Å²) in [5, 5.41) is 10.9. The van der Waals surface area contributed by atoms with Crippen LogP contribution in [-0.2, 0) is 16.0 Å². The molecule has 1 aromatic rings. The third-order valence-electron chi connectivity index (χ3n) is 11.4. The Morgan fingerprint density at radius 2 is 1.78 bits per heavy atom. The number of halogens is 5. The summed E-state index contributed by atoms with van der Waals surface area (Å²) in [7, 11) is 1.71. The van der Waals surface area contributed by atoms with E-state index in [9.17, 15) is 31.9 Å². The van der Waals surface area contributed by atoms with Gasteiger partial charge in [0.25, 0.3) is 0 Å². The highest BCUT2D eigenvalue weighted by Crippen LogP contribution is 2.62. The van der Waals surface area contributed by atoms with Crippen molar-refractivity contribution in [3.05, 3.63) is 41.5 Å². The molecule has 9 heteroatoms. The molecule has 0 amide bonds. The molecule has 4 nitrogen and oxygen atoms in total. The minimum absolute atomic E-state index is 0.00748. The lowest BCUT2D eigenvalue weighted by Gasteiger charge is -2.53. The molecule has 0 saturated heterocycles. The van der Waals surface area contributed by atoms with Gasteiger partial charge in [0.2, 0.25) is 0 Å². The molecule has 4 rings (SSSR count). The summed E-state index contributed by atoms with van der Waals surface area (Å²) in [5.41, 5.74) is 2.88. The smallest absolute Gasteiger partial charge is 0.453 e. The van der Waals surface area contributed by atoms with Crippen molar-refractivity contribution in [3.8, 4) is 5.75 Å². The van der Waals surface area contributed by atoms with Crippen LogP contribution in [0.4, 0.5) is 22.0 Å². The first kappa shape index (κ1) is 36.7. The molecule has 7 unspecified atom stereocenters. The van der Waals surface area contributed by atoms with Crippen molar-refractivity contribution in [1.29, 1.82) is 0 Å². The van der Waals surface area contributed by atoms with Crippen molar-refractivity contribution < 1.29 is 41.3 Å². The highest BCUT2D eigenvalue weighted by atomic mass is 19.4. The van der Waals surface area contributed by atoms with Gasteiger partial charge in [0, 0.05) is 6.42 Å². The fraction of sp³-hybridized carbons (Fsp3) is 0.757. The normalized spacial score (nSPS) is 28.4. The largest absolute Gasteiger partial charge is 0.497 e. The average molecular weight is 657 g/mol. The maximum absolute atomic E-state index is 13.3. The SMILES string of the molecule is CCOC(=O)C(CCCCCC/C=C/CC1Cc2cc(OC)ccc2C2CCC3(C)C(O)CCC3C12)CCCC(F)(F)C(F)(F)F. The first-order chi connectivity index (χ1) is 21.8. The Morgan fingerprint density at radius 1 is 1.04 bits per heavy atom. The van der Waals surface area contributed by atoms with E-state index in [-0.39, 0.29) is 31.0 Å². The molecular weight excluding hydrogens is 603 g/mol. The summed E-state index contributed by atoms with van der Waals surface area (Å²) < 4.78 is 74.7. The van der Waals surface area contributed by atoms with E-state index in [1.807, 2.05) is 0 Å².